The van der Waals surface area contributed by atoms with Gasteiger partial charge < -0.3 is 10.1 Å². The highest BCUT2D eigenvalue weighted by Gasteiger charge is 2.10. The van der Waals surface area contributed by atoms with Crippen LogP contribution in [0.1, 0.15) is 32.5 Å². The zero-order valence-corrected chi connectivity index (χ0v) is 9.89. The highest BCUT2D eigenvalue weighted by Crippen LogP contribution is 2.20. The van der Waals surface area contributed by atoms with Gasteiger partial charge in [-0.2, -0.15) is 9.36 Å². The van der Waals surface area contributed by atoms with E-state index in [1.165, 1.54) is 11.5 Å². The summed E-state index contributed by atoms with van der Waals surface area (Å²) >= 11 is 1.32. The monoisotopic (exact) mass is 215 g/mol. The van der Waals surface area contributed by atoms with E-state index in [1.807, 2.05) is 14.0 Å². The molecule has 1 aromatic heterocycles. The Morgan fingerprint density at radius 2 is 2.14 bits per heavy atom. The van der Waals surface area contributed by atoms with Gasteiger partial charge >= 0.3 is 0 Å². The molecule has 80 valence electrons. The molecular weight excluding hydrogens is 198 g/mol. The molecule has 1 rings (SSSR count). The van der Waals surface area contributed by atoms with Crippen LogP contribution in [0.3, 0.4) is 0 Å². The molecule has 1 atom stereocenters. The number of nitrogens with one attached hydrogen (secondary N) is 1. The highest BCUT2D eigenvalue weighted by molar-refractivity contribution is 7.07. The molecule has 0 aliphatic heterocycles. The van der Waals surface area contributed by atoms with Gasteiger partial charge in [-0.1, -0.05) is 13.8 Å². The van der Waals surface area contributed by atoms with Crippen LogP contribution in [0, 0.1) is 0 Å². The largest absolute Gasteiger partial charge is 0.465 e. The average Bonchev–Trinajstić information content (AvgIpc) is 2.53. The SMILES string of the molecule is CNCC(C)Oc1nc(C(C)C)ns1. The molecule has 1 aromatic rings. The second-order valence-electron chi connectivity index (χ2n) is 3.56. The number of hydrogen-bond donors (Lipinski definition) is 1. The average molecular weight is 215 g/mol. The van der Waals surface area contributed by atoms with E-state index in [0.717, 1.165) is 12.4 Å². The molecule has 0 saturated carbocycles. The summed E-state index contributed by atoms with van der Waals surface area (Å²) in [7, 11) is 1.90. The van der Waals surface area contributed by atoms with Gasteiger partial charge in [-0.15, -0.1) is 0 Å². The fraction of sp³-hybridized carbons (Fsp3) is 0.778. The van der Waals surface area contributed by atoms with Crippen LogP contribution in [0.5, 0.6) is 5.19 Å². The summed E-state index contributed by atoms with van der Waals surface area (Å²) in [6.07, 6.45) is 0.132. The summed E-state index contributed by atoms with van der Waals surface area (Å²) in [5.74, 6) is 1.23. The first-order valence-electron chi connectivity index (χ1n) is 4.78. The van der Waals surface area contributed by atoms with Crippen LogP contribution in [0.25, 0.3) is 0 Å². The minimum absolute atomic E-state index is 0.132. The maximum absolute atomic E-state index is 5.57. The fourth-order valence-corrected chi connectivity index (χ4v) is 1.77. The van der Waals surface area contributed by atoms with Gasteiger partial charge in [0.15, 0.2) is 0 Å². The topological polar surface area (TPSA) is 47.0 Å². The first kappa shape index (κ1) is 11.4. The van der Waals surface area contributed by atoms with Crippen molar-refractivity contribution < 1.29 is 4.74 Å². The quantitative estimate of drug-likeness (QED) is 0.811. The van der Waals surface area contributed by atoms with Crippen LogP contribution >= 0.6 is 11.5 Å². The normalized spacial score (nSPS) is 13.2. The Morgan fingerprint density at radius 3 is 2.64 bits per heavy atom. The Kier molecular flexibility index (Phi) is 4.28. The smallest absolute Gasteiger partial charge is 0.293 e. The van der Waals surface area contributed by atoms with Crippen molar-refractivity contribution in [2.24, 2.45) is 0 Å². The highest BCUT2D eigenvalue weighted by atomic mass is 32.1. The number of hydrogen-bond acceptors (Lipinski definition) is 5. The van der Waals surface area contributed by atoms with Crippen molar-refractivity contribution in [3.05, 3.63) is 5.82 Å². The van der Waals surface area contributed by atoms with Crippen molar-refractivity contribution in [3.8, 4) is 5.19 Å². The van der Waals surface area contributed by atoms with Gasteiger partial charge in [0.1, 0.15) is 11.9 Å². The lowest BCUT2D eigenvalue weighted by atomic mass is 10.2. The number of nitrogens with zero attached hydrogens (tertiary/aromatic N) is 2. The third kappa shape index (κ3) is 3.23. The molecule has 0 aliphatic rings. The van der Waals surface area contributed by atoms with E-state index in [1.54, 1.807) is 0 Å². The summed E-state index contributed by atoms with van der Waals surface area (Å²) in [5, 5.41) is 3.71. The lowest BCUT2D eigenvalue weighted by Crippen LogP contribution is -2.25. The maximum Gasteiger partial charge on any atom is 0.293 e. The van der Waals surface area contributed by atoms with Crippen LogP contribution in [-0.2, 0) is 0 Å². The van der Waals surface area contributed by atoms with E-state index in [2.05, 4.69) is 28.5 Å². The van der Waals surface area contributed by atoms with Crippen molar-refractivity contribution in [1.82, 2.24) is 14.7 Å². The van der Waals surface area contributed by atoms with Gasteiger partial charge in [0.25, 0.3) is 5.19 Å². The van der Waals surface area contributed by atoms with Gasteiger partial charge in [-0.05, 0) is 14.0 Å². The molecule has 0 bridgehead atoms. The summed E-state index contributed by atoms with van der Waals surface area (Å²) in [6, 6.07) is 0. The molecular formula is C9H17N3OS. The predicted octanol–water partition coefficient (Wildman–Crippen LogP) is 1.65. The Labute approximate surface area is 88.9 Å². The third-order valence-corrected chi connectivity index (χ3v) is 2.36. The minimum Gasteiger partial charge on any atom is -0.465 e. The molecule has 0 aromatic carbocycles. The molecule has 1 N–H and O–H groups in total. The minimum atomic E-state index is 0.132. The van der Waals surface area contributed by atoms with Crippen molar-refractivity contribution in [3.63, 3.8) is 0 Å². The molecule has 0 aliphatic carbocycles. The van der Waals surface area contributed by atoms with Crippen LogP contribution in [-0.4, -0.2) is 29.1 Å². The number of likely N-dealkylation sites (N-methyl/N-ethyl adjacent to an activating group) is 1. The summed E-state index contributed by atoms with van der Waals surface area (Å²) in [4.78, 5) is 4.29. The fourth-order valence-electron chi connectivity index (χ4n) is 1.00. The van der Waals surface area contributed by atoms with Gasteiger partial charge in [0.05, 0.1) is 0 Å². The Balaban J connectivity index is 2.51. The molecule has 0 spiro atoms. The Hall–Kier alpha value is -0.680. The standard InChI is InChI=1S/C9H17N3OS/c1-6(2)8-11-9(14-12-8)13-7(3)5-10-4/h6-7,10H,5H2,1-4H3. The van der Waals surface area contributed by atoms with Crippen LogP contribution < -0.4 is 10.1 Å². The molecule has 1 unspecified atom stereocenters. The lowest BCUT2D eigenvalue weighted by molar-refractivity contribution is 0.219. The number of rotatable bonds is 5. The number of aromatic nitrogens is 2. The third-order valence-electron chi connectivity index (χ3n) is 1.73. The molecule has 1 heterocycles. The Morgan fingerprint density at radius 1 is 1.43 bits per heavy atom. The second kappa shape index (κ2) is 5.26. The van der Waals surface area contributed by atoms with Crippen molar-refractivity contribution >= 4 is 11.5 Å². The van der Waals surface area contributed by atoms with Crippen molar-refractivity contribution in [2.45, 2.75) is 32.8 Å². The summed E-state index contributed by atoms with van der Waals surface area (Å²) < 4.78 is 9.78. The van der Waals surface area contributed by atoms with Crippen molar-refractivity contribution in [1.29, 1.82) is 0 Å². The van der Waals surface area contributed by atoms with Gasteiger partial charge in [-0.25, -0.2) is 0 Å². The van der Waals surface area contributed by atoms with E-state index in [0.29, 0.717) is 11.1 Å². The first-order chi connectivity index (χ1) is 6.63. The molecule has 0 saturated heterocycles. The molecule has 5 heteroatoms. The zero-order valence-electron chi connectivity index (χ0n) is 9.07. The number of ether oxygens (including phenoxy) is 1. The van der Waals surface area contributed by atoms with E-state index in [4.69, 9.17) is 4.74 Å². The second-order valence-corrected chi connectivity index (χ2v) is 4.27. The molecule has 0 fully saturated rings. The predicted molar refractivity (Wildman–Crippen MR) is 58.0 cm³/mol. The van der Waals surface area contributed by atoms with E-state index < -0.39 is 0 Å². The van der Waals surface area contributed by atoms with Crippen LogP contribution in [0.15, 0.2) is 0 Å². The zero-order chi connectivity index (χ0) is 10.6. The maximum atomic E-state index is 5.57. The van der Waals surface area contributed by atoms with Gasteiger partial charge in [-0.3, -0.25) is 0 Å². The van der Waals surface area contributed by atoms with Gasteiger partial charge in [0, 0.05) is 24.0 Å². The van der Waals surface area contributed by atoms with E-state index >= 15 is 0 Å². The van der Waals surface area contributed by atoms with Crippen LogP contribution in [0.2, 0.25) is 0 Å². The first-order valence-corrected chi connectivity index (χ1v) is 5.55. The van der Waals surface area contributed by atoms with Gasteiger partial charge in [0.2, 0.25) is 0 Å². The summed E-state index contributed by atoms with van der Waals surface area (Å²) in [6.45, 7) is 6.97. The molecule has 14 heavy (non-hydrogen) atoms. The molecule has 4 nitrogen and oxygen atoms in total. The van der Waals surface area contributed by atoms with E-state index in [-0.39, 0.29) is 6.10 Å². The van der Waals surface area contributed by atoms with Crippen molar-refractivity contribution in [2.75, 3.05) is 13.6 Å². The Bertz CT molecular complexity index is 275. The molecule has 0 radical (unpaired) electrons. The molecule has 0 amide bonds. The summed E-state index contributed by atoms with van der Waals surface area (Å²) in [5.41, 5.74) is 0. The van der Waals surface area contributed by atoms with Crippen LogP contribution in [0.4, 0.5) is 0 Å². The van der Waals surface area contributed by atoms with E-state index in [9.17, 15) is 0 Å². The lowest BCUT2D eigenvalue weighted by Gasteiger charge is -2.10.